The molecule has 0 radical (unpaired) electrons. The molecule has 0 saturated carbocycles. The van der Waals surface area contributed by atoms with Crippen LogP contribution in [0.1, 0.15) is 27.0 Å². The number of rotatable bonds is 7. The molecule has 0 fully saturated rings. The van der Waals surface area contributed by atoms with Gasteiger partial charge in [-0.2, -0.15) is 0 Å². The van der Waals surface area contributed by atoms with Crippen LogP contribution in [0.25, 0.3) is 0 Å². The van der Waals surface area contributed by atoms with Crippen molar-refractivity contribution >= 4 is 11.8 Å². The van der Waals surface area contributed by atoms with Crippen molar-refractivity contribution in [3.8, 4) is 0 Å². The summed E-state index contributed by atoms with van der Waals surface area (Å²) in [6.45, 7) is 0.261. The SMILES string of the molecule is O=C(O)/C(O)=C/C(=O)c1cc(Cc2ccccc2)cn(Cc2ccccc2)c1=O. The van der Waals surface area contributed by atoms with Gasteiger partial charge in [0, 0.05) is 12.3 Å². The number of carboxylic acid groups (broad SMARTS) is 1. The second kappa shape index (κ2) is 8.84. The number of ketones is 1. The first-order valence-electron chi connectivity index (χ1n) is 8.93. The van der Waals surface area contributed by atoms with Crippen LogP contribution in [0, 0.1) is 0 Å². The van der Waals surface area contributed by atoms with E-state index in [4.69, 9.17) is 5.11 Å². The van der Waals surface area contributed by atoms with E-state index >= 15 is 0 Å². The average Bonchev–Trinajstić information content (AvgIpc) is 2.71. The van der Waals surface area contributed by atoms with Gasteiger partial charge >= 0.3 is 5.97 Å². The summed E-state index contributed by atoms with van der Waals surface area (Å²) in [5, 5.41) is 18.2. The number of allylic oxidation sites excluding steroid dienone is 1. The summed E-state index contributed by atoms with van der Waals surface area (Å²) >= 11 is 0. The van der Waals surface area contributed by atoms with Crippen LogP contribution in [0.5, 0.6) is 0 Å². The third-order valence-corrected chi connectivity index (χ3v) is 4.34. The molecule has 0 unspecified atom stereocenters. The van der Waals surface area contributed by atoms with E-state index in [1.54, 1.807) is 6.20 Å². The molecule has 2 N–H and O–H groups in total. The number of carboxylic acids is 1. The van der Waals surface area contributed by atoms with Crippen molar-refractivity contribution < 1.29 is 19.8 Å². The number of aliphatic carboxylic acids is 1. The number of aliphatic hydroxyl groups is 1. The fourth-order valence-corrected chi connectivity index (χ4v) is 2.96. The van der Waals surface area contributed by atoms with Gasteiger partial charge in [0.2, 0.25) is 5.76 Å². The molecule has 0 amide bonds. The van der Waals surface area contributed by atoms with Crippen LogP contribution in [0.2, 0.25) is 0 Å². The smallest absolute Gasteiger partial charge is 0.371 e. The van der Waals surface area contributed by atoms with E-state index in [2.05, 4.69) is 0 Å². The van der Waals surface area contributed by atoms with Gasteiger partial charge in [-0.05, 0) is 29.2 Å². The highest BCUT2D eigenvalue weighted by Crippen LogP contribution is 2.12. The zero-order valence-corrected chi connectivity index (χ0v) is 15.5. The second-order valence-corrected chi connectivity index (χ2v) is 6.54. The lowest BCUT2D eigenvalue weighted by molar-refractivity contribution is -0.135. The second-order valence-electron chi connectivity index (χ2n) is 6.54. The monoisotopic (exact) mass is 389 g/mol. The van der Waals surface area contributed by atoms with Gasteiger partial charge in [-0.1, -0.05) is 60.7 Å². The van der Waals surface area contributed by atoms with E-state index in [1.165, 1.54) is 10.6 Å². The minimum atomic E-state index is -1.64. The van der Waals surface area contributed by atoms with Crippen LogP contribution >= 0.6 is 0 Å². The standard InChI is InChI=1S/C23H19NO5/c25-20(13-21(26)23(28)29)19-12-18(11-16-7-3-1-4-8-16)15-24(22(19)27)14-17-9-5-2-6-10-17/h1-10,12-13,15,26H,11,14H2,(H,28,29)/b21-13-. The van der Waals surface area contributed by atoms with Crippen LogP contribution in [0.15, 0.2) is 89.6 Å². The topological polar surface area (TPSA) is 96.6 Å². The van der Waals surface area contributed by atoms with Crippen molar-refractivity contribution in [3.63, 3.8) is 0 Å². The lowest BCUT2D eigenvalue weighted by Crippen LogP contribution is -2.27. The maximum absolute atomic E-state index is 12.9. The fourth-order valence-electron chi connectivity index (χ4n) is 2.96. The van der Waals surface area contributed by atoms with Gasteiger partial charge in [-0.15, -0.1) is 0 Å². The molecule has 146 valence electrons. The molecule has 1 aromatic heterocycles. The molecule has 0 aliphatic heterocycles. The summed E-state index contributed by atoms with van der Waals surface area (Å²) in [6, 6.07) is 20.3. The highest BCUT2D eigenvalue weighted by molar-refractivity contribution is 6.07. The molecule has 3 aromatic rings. The fraction of sp³-hybridized carbons (Fsp3) is 0.0870. The van der Waals surface area contributed by atoms with E-state index in [-0.39, 0.29) is 12.1 Å². The maximum atomic E-state index is 12.9. The third kappa shape index (κ3) is 5.07. The lowest BCUT2D eigenvalue weighted by Gasteiger charge is -2.11. The molecule has 0 aliphatic rings. The molecule has 0 spiro atoms. The summed E-state index contributed by atoms with van der Waals surface area (Å²) in [4.78, 5) is 36.1. The molecule has 2 aromatic carbocycles. The van der Waals surface area contributed by atoms with Crippen LogP contribution in [0.4, 0.5) is 0 Å². The minimum Gasteiger partial charge on any atom is -0.502 e. The van der Waals surface area contributed by atoms with Crippen molar-refractivity contribution in [2.45, 2.75) is 13.0 Å². The Morgan fingerprint density at radius 1 is 0.862 bits per heavy atom. The zero-order valence-electron chi connectivity index (χ0n) is 15.5. The molecule has 3 rings (SSSR count). The molecule has 29 heavy (non-hydrogen) atoms. The number of aromatic nitrogens is 1. The Hall–Kier alpha value is -3.93. The molecule has 0 bridgehead atoms. The van der Waals surface area contributed by atoms with Crippen LogP contribution in [-0.2, 0) is 17.8 Å². The van der Waals surface area contributed by atoms with Crippen molar-refractivity contribution in [1.29, 1.82) is 0 Å². The first-order valence-corrected chi connectivity index (χ1v) is 8.93. The largest absolute Gasteiger partial charge is 0.502 e. The van der Waals surface area contributed by atoms with Crippen molar-refractivity contribution in [2.24, 2.45) is 0 Å². The molecule has 6 heteroatoms. The molecular formula is C23H19NO5. The van der Waals surface area contributed by atoms with Gasteiger partial charge in [0.05, 0.1) is 12.1 Å². The number of carbonyl (C=O) groups excluding carboxylic acids is 1. The Balaban J connectivity index is 2.06. The summed E-state index contributed by atoms with van der Waals surface area (Å²) in [6.07, 6.45) is 2.74. The quantitative estimate of drug-likeness (QED) is 0.367. The van der Waals surface area contributed by atoms with Crippen LogP contribution in [-0.4, -0.2) is 26.5 Å². The molecule has 0 aliphatic carbocycles. The Morgan fingerprint density at radius 2 is 1.45 bits per heavy atom. The summed E-state index contributed by atoms with van der Waals surface area (Å²) in [7, 11) is 0. The highest BCUT2D eigenvalue weighted by Gasteiger charge is 2.16. The Kier molecular flexibility index (Phi) is 6.04. The number of pyridine rings is 1. The van der Waals surface area contributed by atoms with Gasteiger partial charge in [0.25, 0.3) is 5.56 Å². The Labute approximate surface area is 167 Å². The van der Waals surface area contributed by atoms with Crippen LogP contribution in [0.3, 0.4) is 0 Å². The first-order chi connectivity index (χ1) is 13.9. The number of carbonyl (C=O) groups is 2. The number of nitrogens with zero attached hydrogens (tertiary/aromatic N) is 1. The number of hydrogen-bond donors (Lipinski definition) is 2. The van der Waals surface area contributed by atoms with E-state index < -0.39 is 23.1 Å². The number of hydrogen-bond acceptors (Lipinski definition) is 4. The van der Waals surface area contributed by atoms with E-state index in [1.807, 2.05) is 60.7 Å². The summed E-state index contributed by atoms with van der Waals surface area (Å²) in [5.41, 5.74) is 1.86. The van der Waals surface area contributed by atoms with E-state index in [0.29, 0.717) is 12.5 Å². The van der Waals surface area contributed by atoms with Gasteiger partial charge < -0.3 is 14.8 Å². The van der Waals surface area contributed by atoms with Crippen LogP contribution < -0.4 is 5.56 Å². The predicted octanol–water partition coefficient (Wildman–Crippen LogP) is 3.20. The molecule has 1 heterocycles. The number of aliphatic hydroxyl groups excluding tert-OH is 1. The predicted molar refractivity (Wildman–Crippen MR) is 108 cm³/mol. The minimum absolute atomic E-state index is 0.192. The lowest BCUT2D eigenvalue weighted by atomic mass is 10.0. The number of benzene rings is 2. The van der Waals surface area contributed by atoms with E-state index in [9.17, 15) is 19.5 Å². The maximum Gasteiger partial charge on any atom is 0.371 e. The Morgan fingerprint density at radius 3 is 2.03 bits per heavy atom. The van der Waals surface area contributed by atoms with Gasteiger partial charge in [-0.3, -0.25) is 9.59 Å². The van der Waals surface area contributed by atoms with Crippen molar-refractivity contribution in [3.05, 3.63) is 117 Å². The molecular weight excluding hydrogens is 370 g/mol. The molecule has 0 atom stereocenters. The third-order valence-electron chi connectivity index (χ3n) is 4.34. The van der Waals surface area contributed by atoms with Crippen molar-refractivity contribution in [1.82, 2.24) is 4.57 Å². The molecule has 6 nitrogen and oxygen atoms in total. The zero-order chi connectivity index (χ0) is 20.8. The average molecular weight is 389 g/mol. The highest BCUT2D eigenvalue weighted by atomic mass is 16.4. The first kappa shape index (κ1) is 19.8. The van der Waals surface area contributed by atoms with E-state index in [0.717, 1.165) is 16.7 Å². The summed E-state index contributed by atoms with van der Waals surface area (Å²) in [5.74, 6) is -3.60. The van der Waals surface area contributed by atoms with Gasteiger partial charge in [-0.25, -0.2) is 4.79 Å². The van der Waals surface area contributed by atoms with Crippen molar-refractivity contribution in [2.75, 3.05) is 0 Å². The van der Waals surface area contributed by atoms with Gasteiger partial charge in [0.1, 0.15) is 0 Å². The summed E-state index contributed by atoms with van der Waals surface area (Å²) < 4.78 is 1.42. The Bertz CT molecular complexity index is 1120. The normalized spacial score (nSPS) is 11.2. The van der Waals surface area contributed by atoms with Gasteiger partial charge in [0.15, 0.2) is 5.78 Å². The molecule has 0 saturated heterocycles.